The minimum atomic E-state index is -0.396. The van der Waals surface area contributed by atoms with E-state index in [9.17, 15) is 4.79 Å². The first-order valence-corrected chi connectivity index (χ1v) is 4.80. The Hall–Kier alpha value is -2.51. The molecule has 2 aromatic heterocycles. The molecule has 0 radical (unpaired) electrons. The Kier molecular flexibility index (Phi) is 2.95. The second-order valence-electron chi connectivity index (χ2n) is 3.24. The molecule has 2 rings (SSSR count). The van der Waals surface area contributed by atoms with E-state index in [2.05, 4.69) is 25.4 Å². The van der Waals surface area contributed by atoms with Crippen LogP contribution in [0.3, 0.4) is 0 Å². The highest BCUT2D eigenvalue weighted by molar-refractivity contribution is 5.92. The van der Waals surface area contributed by atoms with Crippen molar-refractivity contribution < 1.29 is 9.32 Å². The molecule has 0 saturated heterocycles. The molecule has 0 atom stereocenters. The summed E-state index contributed by atoms with van der Waals surface area (Å²) in [5.41, 5.74) is 5.56. The summed E-state index contributed by atoms with van der Waals surface area (Å²) in [6.07, 6.45) is 2.69. The van der Waals surface area contributed by atoms with Crippen LogP contribution in [0, 0.1) is 6.92 Å². The van der Waals surface area contributed by atoms with Crippen LogP contribution in [0.2, 0.25) is 0 Å². The molecule has 0 aliphatic carbocycles. The Morgan fingerprint density at radius 2 is 2.29 bits per heavy atom. The van der Waals surface area contributed by atoms with Gasteiger partial charge in [-0.2, -0.15) is 4.98 Å². The van der Waals surface area contributed by atoms with Crippen molar-refractivity contribution in [3.63, 3.8) is 0 Å². The maximum absolute atomic E-state index is 11.6. The van der Waals surface area contributed by atoms with Crippen LogP contribution in [0.1, 0.15) is 22.2 Å². The van der Waals surface area contributed by atoms with Crippen molar-refractivity contribution in [1.29, 1.82) is 0 Å². The lowest BCUT2D eigenvalue weighted by Crippen LogP contribution is -2.24. The zero-order valence-corrected chi connectivity index (χ0v) is 9.04. The smallest absolute Gasteiger partial charge is 0.271 e. The third kappa shape index (κ3) is 2.74. The first-order valence-electron chi connectivity index (χ1n) is 4.80. The third-order valence-corrected chi connectivity index (χ3v) is 1.86. The van der Waals surface area contributed by atoms with Crippen LogP contribution < -0.4 is 11.1 Å². The highest BCUT2D eigenvalue weighted by atomic mass is 16.5. The van der Waals surface area contributed by atoms with E-state index in [4.69, 9.17) is 10.3 Å². The van der Waals surface area contributed by atoms with Crippen LogP contribution in [0.5, 0.6) is 0 Å². The summed E-state index contributed by atoms with van der Waals surface area (Å²) in [5, 5.41) is 6.21. The minimum absolute atomic E-state index is 0.144. The van der Waals surface area contributed by atoms with Gasteiger partial charge < -0.3 is 15.6 Å². The number of nitrogen functional groups attached to an aromatic ring is 1. The van der Waals surface area contributed by atoms with Crippen LogP contribution in [-0.2, 0) is 6.54 Å². The average Bonchev–Trinajstić information content (AvgIpc) is 2.72. The maximum Gasteiger partial charge on any atom is 0.271 e. The van der Waals surface area contributed by atoms with Crippen molar-refractivity contribution in [2.24, 2.45) is 0 Å². The summed E-state index contributed by atoms with van der Waals surface area (Å²) in [5.74, 6) is 0.631. The van der Waals surface area contributed by atoms with Gasteiger partial charge in [-0.05, 0) is 0 Å². The Bertz CT molecular complexity index is 538. The summed E-state index contributed by atoms with van der Waals surface area (Å²) >= 11 is 0. The highest BCUT2D eigenvalue weighted by Gasteiger charge is 2.09. The van der Waals surface area contributed by atoms with Crippen molar-refractivity contribution in [3.05, 3.63) is 29.8 Å². The number of aromatic nitrogens is 4. The fraction of sp³-hybridized carbons (Fsp3) is 0.222. The van der Waals surface area contributed by atoms with Gasteiger partial charge in [0.2, 0.25) is 5.89 Å². The molecule has 1 amide bonds. The van der Waals surface area contributed by atoms with Crippen LogP contribution in [0.4, 0.5) is 5.82 Å². The van der Waals surface area contributed by atoms with Crippen LogP contribution in [-0.4, -0.2) is 26.0 Å². The molecule has 3 N–H and O–H groups in total. The molecule has 0 aliphatic rings. The lowest BCUT2D eigenvalue weighted by Gasteiger charge is -2.01. The Labute approximate surface area is 96.3 Å². The second kappa shape index (κ2) is 4.56. The molecule has 0 unspecified atom stereocenters. The second-order valence-corrected chi connectivity index (χ2v) is 3.24. The van der Waals surface area contributed by atoms with Crippen LogP contribution >= 0.6 is 0 Å². The molecule has 2 heterocycles. The van der Waals surface area contributed by atoms with Crippen molar-refractivity contribution in [1.82, 2.24) is 25.4 Å². The Morgan fingerprint density at radius 1 is 1.47 bits per heavy atom. The van der Waals surface area contributed by atoms with E-state index >= 15 is 0 Å². The number of nitrogens with zero attached hydrogens (tertiary/aromatic N) is 4. The fourth-order valence-electron chi connectivity index (χ4n) is 1.15. The predicted molar refractivity (Wildman–Crippen MR) is 56.6 cm³/mol. The van der Waals surface area contributed by atoms with Gasteiger partial charge in [-0.15, -0.1) is 0 Å². The standard InChI is InChI=1S/C9H10N6O2/c1-5-13-8(15-17-5)4-12-9(16)6-2-11-3-7(10)14-6/h2-3H,4H2,1H3,(H2,10,14)(H,12,16). The number of hydrogen-bond donors (Lipinski definition) is 2. The van der Waals surface area contributed by atoms with Gasteiger partial charge in [-0.25, -0.2) is 4.98 Å². The molecule has 2 aromatic rings. The van der Waals surface area contributed by atoms with E-state index in [1.165, 1.54) is 12.4 Å². The molecule has 0 aliphatic heterocycles. The lowest BCUT2D eigenvalue weighted by atomic mass is 10.4. The zero-order chi connectivity index (χ0) is 12.3. The van der Waals surface area contributed by atoms with E-state index in [1.807, 2.05) is 0 Å². The summed E-state index contributed by atoms with van der Waals surface area (Å²) in [4.78, 5) is 23.2. The topological polar surface area (TPSA) is 120 Å². The van der Waals surface area contributed by atoms with E-state index in [0.29, 0.717) is 11.7 Å². The number of nitrogens with two attached hydrogens (primary N) is 1. The first-order chi connectivity index (χ1) is 8.15. The molecule has 8 nitrogen and oxygen atoms in total. The molecule has 0 fully saturated rings. The van der Waals surface area contributed by atoms with Crippen LogP contribution in [0.25, 0.3) is 0 Å². The monoisotopic (exact) mass is 234 g/mol. The van der Waals surface area contributed by atoms with Gasteiger partial charge >= 0.3 is 0 Å². The number of hydrogen-bond acceptors (Lipinski definition) is 7. The SMILES string of the molecule is Cc1nc(CNC(=O)c2cncc(N)n2)no1. The Balaban J connectivity index is 1.98. The highest BCUT2D eigenvalue weighted by Crippen LogP contribution is 1.98. The largest absolute Gasteiger partial charge is 0.382 e. The van der Waals surface area contributed by atoms with Gasteiger partial charge in [-0.1, -0.05) is 5.16 Å². The molecule has 0 aromatic carbocycles. The van der Waals surface area contributed by atoms with Crippen LogP contribution in [0.15, 0.2) is 16.9 Å². The number of nitrogens with one attached hydrogen (secondary N) is 1. The van der Waals surface area contributed by atoms with Gasteiger partial charge in [0.25, 0.3) is 5.91 Å². The van der Waals surface area contributed by atoms with Gasteiger partial charge in [0.15, 0.2) is 5.82 Å². The van der Waals surface area contributed by atoms with Crippen molar-refractivity contribution in [2.75, 3.05) is 5.73 Å². The maximum atomic E-state index is 11.6. The predicted octanol–water partition coefficient (Wildman–Crippen LogP) is -0.320. The van der Waals surface area contributed by atoms with Gasteiger partial charge in [0, 0.05) is 6.92 Å². The number of rotatable bonds is 3. The van der Waals surface area contributed by atoms with Crippen molar-refractivity contribution in [3.8, 4) is 0 Å². The Morgan fingerprint density at radius 3 is 2.94 bits per heavy atom. The zero-order valence-electron chi connectivity index (χ0n) is 9.04. The number of anilines is 1. The van der Waals surface area contributed by atoms with E-state index < -0.39 is 5.91 Å². The summed E-state index contributed by atoms with van der Waals surface area (Å²) in [6.45, 7) is 1.83. The van der Waals surface area contributed by atoms with Gasteiger partial charge in [-0.3, -0.25) is 9.78 Å². The molecule has 8 heteroatoms. The first kappa shape index (κ1) is 11.0. The van der Waals surface area contributed by atoms with Gasteiger partial charge in [0.05, 0.1) is 18.9 Å². The van der Waals surface area contributed by atoms with Crippen molar-refractivity contribution >= 4 is 11.7 Å². The number of carbonyl (C=O) groups is 1. The molecule has 0 bridgehead atoms. The van der Waals surface area contributed by atoms with E-state index in [0.717, 1.165) is 0 Å². The molecule has 0 saturated carbocycles. The molecular formula is C9H10N6O2. The van der Waals surface area contributed by atoms with Crippen molar-refractivity contribution in [2.45, 2.75) is 13.5 Å². The molecule has 17 heavy (non-hydrogen) atoms. The molecule has 0 spiro atoms. The normalized spacial score (nSPS) is 10.2. The summed E-state index contributed by atoms with van der Waals surface area (Å²) < 4.78 is 4.76. The quantitative estimate of drug-likeness (QED) is 0.746. The number of aryl methyl sites for hydroxylation is 1. The fourth-order valence-corrected chi connectivity index (χ4v) is 1.15. The summed E-state index contributed by atoms with van der Waals surface area (Å²) in [7, 11) is 0. The molecule has 88 valence electrons. The van der Waals surface area contributed by atoms with Gasteiger partial charge in [0.1, 0.15) is 11.5 Å². The lowest BCUT2D eigenvalue weighted by molar-refractivity contribution is 0.0944. The summed E-state index contributed by atoms with van der Waals surface area (Å²) in [6, 6.07) is 0. The van der Waals surface area contributed by atoms with E-state index in [1.54, 1.807) is 6.92 Å². The average molecular weight is 234 g/mol. The number of carbonyl (C=O) groups excluding carboxylic acids is 1. The third-order valence-electron chi connectivity index (χ3n) is 1.86. The molecular weight excluding hydrogens is 224 g/mol. The number of amides is 1. The van der Waals surface area contributed by atoms with E-state index in [-0.39, 0.29) is 18.1 Å². The minimum Gasteiger partial charge on any atom is -0.382 e.